The molecule has 0 spiro atoms. The average molecular weight is 256 g/mol. The van der Waals surface area contributed by atoms with E-state index in [1.807, 2.05) is 6.07 Å². The number of hydrogen-bond donors (Lipinski definition) is 1. The summed E-state index contributed by atoms with van der Waals surface area (Å²) in [6.07, 6.45) is 0. The van der Waals surface area contributed by atoms with Crippen LogP contribution in [0.1, 0.15) is 15.9 Å². The highest BCUT2D eigenvalue weighted by Gasteiger charge is 2.18. The quantitative estimate of drug-likeness (QED) is 0.662. The van der Waals surface area contributed by atoms with Crippen molar-refractivity contribution in [2.75, 3.05) is 0 Å². The topological polar surface area (TPSA) is 50.2 Å². The highest BCUT2D eigenvalue weighted by atomic mass is 35.5. The summed E-state index contributed by atoms with van der Waals surface area (Å²) in [4.78, 5) is 15.1. The van der Waals surface area contributed by atoms with Crippen molar-refractivity contribution in [3.63, 3.8) is 0 Å². The van der Waals surface area contributed by atoms with Crippen LogP contribution in [0, 0.1) is 0 Å². The molecule has 0 unspecified atom stereocenters. The lowest BCUT2D eigenvalue weighted by molar-refractivity contribution is 0.0696. The molecule has 1 aromatic heterocycles. The number of halogens is 2. The third-order valence-corrected chi connectivity index (χ3v) is 2.84. The van der Waals surface area contributed by atoms with Crippen molar-refractivity contribution in [1.29, 1.82) is 0 Å². The number of para-hydroxylation sites is 1. The Morgan fingerprint density at radius 3 is 2.69 bits per heavy atom. The second-order valence-corrected chi connectivity index (χ2v) is 3.84. The molecular formula is C11H7Cl2NO2. The van der Waals surface area contributed by atoms with Crippen molar-refractivity contribution in [2.24, 2.45) is 0 Å². The van der Waals surface area contributed by atoms with Crippen LogP contribution in [0.3, 0.4) is 0 Å². The summed E-state index contributed by atoms with van der Waals surface area (Å²) in [6.45, 7) is 0. The van der Waals surface area contributed by atoms with Crippen molar-refractivity contribution in [1.82, 2.24) is 4.98 Å². The van der Waals surface area contributed by atoms with Gasteiger partial charge in [-0.1, -0.05) is 29.8 Å². The SMILES string of the molecule is O=C(O)c1c(Cl)nc2ccccc2c1CCl. The number of aromatic carboxylic acids is 1. The molecule has 1 aromatic carbocycles. The summed E-state index contributed by atoms with van der Waals surface area (Å²) in [6, 6.07) is 7.16. The van der Waals surface area contributed by atoms with Gasteiger partial charge in [-0.2, -0.15) is 0 Å². The Bertz CT molecular complexity index is 569. The molecule has 0 atom stereocenters. The van der Waals surface area contributed by atoms with Gasteiger partial charge in [0.2, 0.25) is 0 Å². The zero-order valence-electron chi connectivity index (χ0n) is 8.08. The molecule has 0 aliphatic carbocycles. The number of aromatic nitrogens is 1. The normalized spacial score (nSPS) is 10.6. The summed E-state index contributed by atoms with van der Waals surface area (Å²) < 4.78 is 0. The van der Waals surface area contributed by atoms with Crippen molar-refractivity contribution in [3.8, 4) is 0 Å². The van der Waals surface area contributed by atoms with E-state index in [2.05, 4.69) is 4.98 Å². The molecule has 1 heterocycles. The molecule has 0 bridgehead atoms. The minimum absolute atomic E-state index is 0.0182. The second-order valence-electron chi connectivity index (χ2n) is 3.21. The molecule has 0 saturated heterocycles. The van der Waals surface area contributed by atoms with Crippen LogP contribution in [0.2, 0.25) is 5.15 Å². The summed E-state index contributed by atoms with van der Waals surface area (Å²) in [7, 11) is 0. The van der Waals surface area contributed by atoms with Crippen LogP contribution in [0.25, 0.3) is 10.9 Å². The van der Waals surface area contributed by atoms with Crippen LogP contribution in [-0.2, 0) is 5.88 Å². The summed E-state index contributed by atoms with van der Waals surface area (Å²) in [5, 5.41) is 9.75. The molecule has 2 aromatic rings. The number of benzene rings is 1. The van der Waals surface area contributed by atoms with E-state index in [1.165, 1.54) is 0 Å². The van der Waals surface area contributed by atoms with Crippen molar-refractivity contribution >= 4 is 40.1 Å². The Balaban J connectivity index is 2.90. The fourth-order valence-corrected chi connectivity index (χ4v) is 2.17. The summed E-state index contributed by atoms with van der Waals surface area (Å²) >= 11 is 11.6. The van der Waals surface area contributed by atoms with Gasteiger partial charge in [0.1, 0.15) is 10.7 Å². The smallest absolute Gasteiger partial charge is 0.339 e. The summed E-state index contributed by atoms with van der Waals surface area (Å²) in [5.74, 6) is -1.02. The van der Waals surface area contributed by atoms with E-state index >= 15 is 0 Å². The molecule has 16 heavy (non-hydrogen) atoms. The zero-order valence-corrected chi connectivity index (χ0v) is 9.59. The van der Waals surface area contributed by atoms with Gasteiger partial charge >= 0.3 is 5.97 Å². The highest BCUT2D eigenvalue weighted by Crippen LogP contribution is 2.27. The number of alkyl halides is 1. The van der Waals surface area contributed by atoms with Crippen molar-refractivity contribution in [3.05, 3.63) is 40.5 Å². The predicted octanol–water partition coefficient (Wildman–Crippen LogP) is 3.33. The third kappa shape index (κ3) is 1.72. The first-order valence-electron chi connectivity index (χ1n) is 4.51. The van der Waals surface area contributed by atoms with Crippen LogP contribution in [0.5, 0.6) is 0 Å². The minimum Gasteiger partial charge on any atom is -0.478 e. The van der Waals surface area contributed by atoms with Crippen LogP contribution < -0.4 is 0 Å². The van der Waals surface area contributed by atoms with E-state index in [9.17, 15) is 4.79 Å². The zero-order chi connectivity index (χ0) is 11.7. The molecule has 82 valence electrons. The number of carbonyl (C=O) groups is 1. The van der Waals surface area contributed by atoms with Gasteiger partial charge in [-0.05, 0) is 11.6 Å². The molecule has 0 amide bonds. The van der Waals surface area contributed by atoms with Gasteiger partial charge in [-0.15, -0.1) is 11.6 Å². The number of hydrogen-bond acceptors (Lipinski definition) is 2. The number of nitrogens with zero attached hydrogens (tertiary/aromatic N) is 1. The first-order chi connectivity index (χ1) is 7.65. The first kappa shape index (κ1) is 11.2. The number of pyridine rings is 1. The van der Waals surface area contributed by atoms with Gasteiger partial charge < -0.3 is 5.11 Å². The van der Waals surface area contributed by atoms with E-state index in [4.69, 9.17) is 28.3 Å². The van der Waals surface area contributed by atoms with E-state index in [1.54, 1.807) is 18.2 Å². The number of fused-ring (bicyclic) bond motifs is 1. The van der Waals surface area contributed by atoms with E-state index < -0.39 is 5.97 Å². The first-order valence-corrected chi connectivity index (χ1v) is 5.42. The maximum Gasteiger partial charge on any atom is 0.339 e. The van der Waals surface area contributed by atoms with E-state index in [-0.39, 0.29) is 16.6 Å². The van der Waals surface area contributed by atoms with Crippen molar-refractivity contribution in [2.45, 2.75) is 5.88 Å². The second kappa shape index (κ2) is 4.28. The Morgan fingerprint density at radius 1 is 1.38 bits per heavy atom. The Hall–Kier alpha value is -1.32. The van der Waals surface area contributed by atoms with Gasteiger partial charge in [-0.3, -0.25) is 0 Å². The molecule has 0 aliphatic heterocycles. The van der Waals surface area contributed by atoms with Gasteiger partial charge in [0, 0.05) is 11.3 Å². The van der Waals surface area contributed by atoms with Crippen LogP contribution in [-0.4, -0.2) is 16.1 Å². The largest absolute Gasteiger partial charge is 0.478 e. The standard InChI is InChI=1S/C11H7Cl2NO2/c12-5-7-6-3-1-2-4-8(6)14-10(13)9(7)11(15)16/h1-4H,5H2,(H,15,16). The van der Waals surface area contributed by atoms with Crippen LogP contribution in [0.15, 0.2) is 24.3 Å². The molecule has 5 heteroatoms. The number of carboxylic acid groups (broad SMARTS) is 1. The van der Waals surface area contributed by atoms with Gasteiger partial charge in [0.25, 0.3) is 0 Å². The Morgan fingerprint density at radius 2 is 2.06 bits per heavy atom. The minimum atomic E-state index is -1.11. The fourth-order valence-electron chi connectivity index (χ4n) is 1.60. The molecular weight excluding hydrogens is 249 g/mol. The molecule has 2 rings (SSSR count). The molecule has 0 fully saturated rings. The third-order valence-electron chi connectivity index (χ3n) is 2.30. The van der Waals surface area contributed by atoms with Gasteiger partial charge in [0.15, 0.2) is 0 Å². The summed E-state index contributed by atoms with van der Waals surface area (Å²) in [5.41, 5.74) is 1.13. The molecule has 0 radical (unpaired) electrons. The van der Waals surface area contributed by atoms with Crippen molar-refractivity contribution < 1.29 is 9.90 Å². The lowest BCUT2D eigenvalue weighted by atomic mass is 10.1. The van der Waals surface area contributed by atoms with Gasteiger partial charge in [-0.25, -0.2) is 9.78 Å². The average Bonchev–Trinajstić information content (AvgIpc) is 2.26. The maximum absolute atomic E-state index is 11.1. The van der Waals surface area contributed by atoms with E-state index in [0.29, 0.717) is 11.1 Å². The number of carboxylic acids is 1. The molecule has 0 saturated carbocycles. The highest BCUT2D eigenvalue weighted by molar-refractivity contribution is 6.33. The fraction of sp³-hybridized carbons (Fsp3) is 0.0909. The van der Waals surface area contributed by atoms with Gasteiger partial charge in [0.05, 0.1) is 5.52 Å². The van der Waals surface area contributed by atoms with E-state index in [0.717, 1.165) is 5.39 Å². The Labute approximate surface area is 102 Å². The maximum atomic E-state index is 11.1. The van der Waals surface area contributed by atoms with Crippen LogP contribution >= 0.6 is 23.2 Å². The molecule has 3 nitrogen and oxygen atoms in total. The lowest BCUT2D eigenvalue weighted by Gasteiger charge is -2.08. The molecule has 0 aliphatic rings. The number of rotatable bonds is 2. The Kier molecular flexibility index (Phi) is 2.99. The predicted molar refractivity (Wildman–Crippen MR) is 63.3 cm³/mol. The monoisotopic (exact) mass is 255 g/mol. The molecule has 1 N–H and O–H groups in total. The van der Waals surface area contributed by atoms with Crippen LogP contribution in [0.4, 0.5) is 0 Å². The lowest BCUT2D eigenvalue weighted by Crippen LogP contribution is -2.05.